The minimum atomic E-state index is 0.151. The van der Waals surface area contributed by atoms with Crippen molar-refractivity contribution in [1.82, 2.24) is 13.7 Å². The Morgan fingerprint density at radius 3 is 1.78 bits per heavy atom. The first-order chi connectivity index (χ1) is 12.8. The zero-order valence-corrected chi connectivity index (χ0v) is 16.2. The highest BCUT2D eigenvalue weighted by atomic mass is 15.0. The standard InChI is InChI=1S/C13H13BN4.C7H8N2/c1-14(11-6-5-10(9-15)17(11)3)12-7-8-13(16-2)18(12)4;1-6-4-5-7(8-2)9(6)3/h5-8H,1,3-4H3;4-5H,1,3H3. The zero-order chi connectivity index (χ0) is 20.1. The van der Waals surface area contributed by atoms with Crippen LogP contribution in [0.1, 0.15) is 11.4 Å². The van der Waals surface area contributed by atoms with Crippen molar-refractivity contribution in [1.29, 1.82) is 5.26 Å². The fraction of sp³-hybridized carbons (Fsp3) is 0.250. The Labute approximate surface area is 160 Å². The predicted molar refractivity (Wildman–Crippen MR) is 109 cm³/mol. The number of nitriles is 1. The zero-order valence-electron chi connectivity index (χ0n) is 16.2. The van der Waals surface area contributed by atoms with E-state index in [1.165, 1.54) is 0 Å². The van der Waals surface area contributed by atoms with Crippen LogP contribution in [0.2, 0.25) is 6.82 Å². The molecular formula is C20H21BN6. The topological polar surface area (TPSA) is 47.3 Å². The number of aromatic nitrogens is 3. The van der Waals surface area contributed by atoms with Crippen molar-refractivity contribution in [3.63, 3.8) is 0 Å². The van der Waals surface area contributed by atoms with Gasteiger partial charge in [-0.2, -0.15) is 5.26 Å². The van der Waals surface area contributed by atoms with E-state index in [1.54, 1.807) is 0 Å². The monoisotopic (exact) mass is 356 g/mol. The molecule has 0 aliphatic carbocycles. The van der Waals surface area contributed by atoms with Gasteiger partial charge in [-0.25, -0.2) is 0 Å². The maximum atomic E-state index is 8.97. The Hall–Kier alpha value is -3.63. The van der Waals surface area contributed by atoms with Gasteiger partial charge in [0, 0.05) is 7.05 Å². The van der Waals surface area contributed by atoms with E-state index in [9.17, 15) is 0 Å². The molecule has 0 fully saturated rings. The van der Waals surface area contributed by atoms with Gasteiger partial charge < -0.3 is 23.4 Å². The molecule has 0 bridgehead atoms. The fourth-order valence-corrected chi connectivity index (χ4v) is 3.00. The number of nitrogens with zero attached hydrogens (tertiary/aromatic N) is 6. The Morgan fingerprint density at radius 1 is 0.852 bits per heavy atom. The third-order valence-electron chi connectivity index (χ3n) is 4.87. The Morgan fingerprint density at radius 2 is 1.37 bits per heavy atom. The van der Waals surface area contributed by atoms with Crippen LogP contribution in [0.5, 0.6) is 0 Å². The number of aryl methyl sites for hydroxylation is 1. The largest absolute Gasteiger partial charge is 0.364 e. The van der Waals surface area contributed by atoms with Crippen molar-refractivity contribution in [2.24, 2.45) is 21.1 Å². The van der Waals surface area contributed by atoms with Gasteiger partial charge in [0.05, 0.1) is 25.4 Å². The lowest BCUT2D eigenvalue weighted by Crippen LogP contribution is -2.45. The van der Waals surface area contributed by atoms with Gasteiger partial charge in [-0.15, -0.1) is 0 Å². The average molecular weight is 356 g/mol. The molecule has 0 unspecified atom stereocenters. The summed E-state index contributed by atoms with van der Waals surface area (Å²) >= 11 is 0. The van der Waals surface area contributed by atoms with Crippen LogP contribution in [-0.4, -0.2) is 20.4 Å². The van der Waals surface area contributed by atoms with Gasteiger partial charge in [-0.1, -0.05) is 20.0 Å². The summed E-state index contributed by atoms with van der Waals surface area (Å²) in [6.07, 6.45) is 0. The lowest BCUT2D eigenvalue weighted by molar-refractivity contribution is 0.899. The molecule has 3 aromatic rings. The van der Waals surface area contributed by atoms with E-state index in [1.807, 2.05) is 78.2 Å². The molecule has 134 valence electrons. The van der Waals surface area contributed by atoms with Crippen LogP contribution in [0.25, 0.3) is 9.69 Å². The summed E-state index contributed by atoms with van der Waals surface area (Å²) in [7, 11) is 5.68. The number of hydrogen-bond donors (Lipinski definition) is 0. The maximum Gasteiger partial charge on any atom is 0.276 e. The van der Waals surface area contributed by atoms with Crippen molar-refractivity contribution >= 4 is 29.5 Å². The van der Waals surface area contributed by atoms with Crippen LogP contribution in [0.15, 0.2) is 36.4 Å². The second kappa shape index (κ2) is 8.17. The average Bonchev–Trinajstić information content (AvgIpc) is 3.33. The number of rotatable bonds is 2. The fourth-order valence-electron chi connectivity index (χ4n) is 3.00. The normalized spacial score (nSPS) is 9.56. The molecule has 3 aromatic heterocycles. The van der Waals surface area contributed by atoms with Crippen LogP contribution < -0.4 is 11.2 Å². The summed E-state index contributed by atoms with van der Waals surface area (Å²) in [6, 6.07) is 13.5. The summed E-state index contributed by atoms with van der Waals surface area (Å²) in [5.74, 6) is 1.33. The van der Waals surface area contributed by atoms with Crippen LogP contribution in [0.3, 0.4) is 0 Å². The van der Waals surface area contributed by atoms with Crippen molar-refractivity contribution in [2.75, 3.05) is 0 Å². The van der Waals surface area contributed by atoms with E-state index in [-0.39, 0.29) is 6.71 Å². The minimum absolute atomic E-state index is 0.151. The molecule has 0 N–H and O–H groups in total. The molecule has 0 aliphatic rings. The van der Waals surface area contributed by atoms with E-state index in [0.29, 0.717) is 17.3 Å². The highest BCUT2D eigenvalue weighted by Gasteiger charge is 2.23. The van der Waals surface area contributed by atoms with Gasteiger partial charge >= 0.3 is 0 Å². The van der Waals surface area contributed by atoms with Crippen LogP contribution in [0, 0.1) is 31.4 Å². The molecule has 0 aliphatic heterocycles. The van der Waals surface area contributed by atoms with Crippen LogP contribution in [0.4, 0.5) is 11.6 Å². The molecule has 7 heteroatoms. The SMILES string of the molecule is [C-]#[N+]c1ccc(B(C)c2ccc(C#N)n2C)n1C.[C-]#[N+]c1ccc(C)n1C. The molecule has 6 nitrogen and oxygen atoms in total. The quantitative estimate of drug-likeness (QED) is 0.515. The summed E-state index contributed by atoms with van der Waals surface area (Å²) in [4.78, 5) is 6.77. The predicted octanol–water partition coefficient (Wildman–Crippen LogP) is 2.91. The maximum absolute atomic E-state index is 8.97. The third-order valence-corrected chi connectivity index (χ3v) is 4.87. The van der Waals surface area contributed by atoms with Gasteiger partial charge in [-0.3, -0.25) is 0 Å². The van der Waals surface area contributed by atoms with E-state index >= 15 is 0 Å². The highest BCUT2D eigenvalue weighted by Crippen LogP contribution is 2.13. The summed E-state index contributed by atoms with van der Waals surface area (Å²) in [6.45, 7) is 18.0. The van der Waals surface area contributed by atoms with E-state index in [4.69, 9.17) is 18.4 Å². The molecule has 3 rings (SSSR count). The molecular weight excluding hydrogens is 335 g/mol. The van der Waals surface area contributed by atoms with E-state index in [2.05, 4.69) is 22.6 Å². The number of hydrogen-bond acceptors (Lipinski definition) is 1. The molecule has 0 radical (unpaired) electrons. The molecule has 0 saturated heterocycles. The van der Waals surface area contributed by atoms with Gasteiger partial charge in [0.1, 0.15) is 11.8 Å². The lowest BCUT2D eigenvalue weighted by Gasteiger charge is -2.10. The van der Waals surface area contributed by atoms with Crippen molar-refractivity contribution in [3.8, 4) is 6.07 Å². The van der Waals surface area contributed by atoms with Gasteiger partial charge in [-0.05, 0) is 48.9 Å². The summed E-state index contributed by atoms with van der Waals surface area (Å²) in [5.41, 5.74) is 3.92. The van der Waals surface area contributed by atoms with Crippen molar-refractivity contribution in [3.05, 3.63) is 70.6 Å². The van der Waals surface area contributed by atoms with Crippen molar-refractivity contribution < 1.29 is 0 Å². The highest BCUT2D eigenvalue weighted by molar-refractivity contribution is 6.83. The van der Waals surface area contributed by atoms with Gasteiger partial charge in [0.15, 0.2) is 0 Å². The Kier molecular flexibility index (Phi) is 5.96. The Bertz CT molecular complexity index is 1020. The smallest absolute Gasteiger partial charge is 0.276 e. The molecule has 3 heterocycles. The first kappa shape index (κ1) is 19.7. The Balaban J connectivity index is 0.000000244. The summed E-state index contributed by atoms with van der Waals surface area (Å²) in [5, 5.41) is 8.97. The van der Waals surface area contributed by atoms with Crippen LogP contribution in [-0.2, 0) is 21.1 Å². The first-order valence-electron chi connectivity index (χ1n) is 8.44. The third kappa shape index (κ3) is 3.81. The second-order valence-corrected chi connectivity index (χ2v) is 6.33. The first-order valence-corrected chi connectivity index (χ1v) is 8.44. The van der Waals surface area contributed by atoms with Gasteiger partial charge in [0.25, 0.3) is 6.71 Å². The lowest BCUT2D eigenvalue weighted by atomic mass is 9.46. The second-order valence-electron chi connectivity index (χ2n) is 6.33. The summed E-state index contributed by atoms with van der Waals surface area (Å²) < 4.78 is 5.67. The molecule has 0 saturated carbocycles. The van der Waals surface area contributed by atoms with Crippen LogP contribution >= 0.6 is 0 Å². The van der Waals surface area contributed by atoms with Crippen molar-refractivity contribution in [2.45, 2.75) is 13.7 Å². The molecule has 0 aromatic carbocycles. The molecule has 27 heavy (non-hydrogen) atoms. The molecule has 0 atom stereocenters. The van der Waals surface area contributed by atoms with E-state index < -0.39 is 0 Å². The molecule has 0 spiro atoms. The van der Waals surface area contributed by atoms with E-state index in [0.717, 1.165) is 16.9 Å². The minimum Gasteiger partial charge on any atom is -0.364 e. The van der Waals surface area contributed by atoms with Gasteiger partial charge in [0.2, 0.25) is 11.6 Å². The molecule has 0 amide bonds.